The van der Waals surface area contributed by atoms with Gasteiger partial charge in [-0.3, -0.25) is 4.79 Å². The van der Waals surface area contributed by atoms with Crippen LogP contribution >= 0.6 is 0 Å². The zero-order chi connectivity index (χ0) is 13.3. The maximum Gasteiger partial charge on any atom is 0.244 e. The largest absolute Gasteiger partial charge is 0.465 e. The first-order valence-electron chi connectivity index (χ1n) is 6.38. The predicted octanol–water partition coefficient (Wildman–Crippen LogP) is 3.04. The molecule has 0 aliphatic rings. The summed E-state index contributed by atoms with van der Waals surface area (Å²) in [6.07, 6.45) is 6.64. The minimum atomic E-state index is -0.0931. The number of amides is 1. The maximum absolute atomic E-state index is 11.5. The van der Waals surface area contributed by atoms with Crippen LogP contribution in [0.3, 0.4) is 0 Å². The van der Waals surface area contributed by atoms with Gasteiger partial charge < -0.3 is 9.73 Å². The monoisotopic (exact) mass is 255 g/mol. The van der Waals surface area contributed by atoms with Crippen LogP contribution in [-0.2, 0) is 11.2 Å². The highest BCUT2D eigenvalue weighted by Gasteiger charge is 1.96. The van der Waals surface area contributed by atoms with Crippen LogP contribution in [0.25, 0.3) is 6.08 Å². The van der Waals surface area contributed by atoms with Crippen molar-refractivity contribution >= 4 is 12.0 Å². The van der Waals surface area contributed by atoms with Crippen molar-refractivity contribution in [1.29, 1.82) is 0 Å². The second-order valence-electron chi connectivity index (χ2n) is 4.23. The fourth-order valence-electron chi connectivity index (χ4n) is 1.75. The molecule has 2 rings (SSSR count). The van der Waals surface area contributed by atoms with E-state index in [4.69, 9.17) is 4.42 Å². The number of nitrogens with one attached hydrogen (secondary N) is 1. The number of rotatable bonds is 6. The van der Waals surface area contributed by atoms with Gasteiger partial charge >= 0.3 is 0 Å². The van der Waals surface area contributed by atoms with E-state index in [2.05, 4.69) is 17.4 Å². The van der Waals surface area contributed by atoms with Gasteiger partial charge in [0.2, 0.25) is 5.91 Å². The fraction of sp³-hybridized carbons (Fsp3) is 0.188. The highest BCUT2D eigenvalue weighted by molar-refractivity contribution is 5.91. The molecule has 0 aliphatic heterocycles. The van der Waals surface area contributed by atoms with Crippen LogP contribution in [0.1, 0.15) is 17.7 Å². The topological polar surface area (TPSA) is 42.2 Å². The molecule has 0 bridgehead atoms. The Balaban J connectivity index is 1.64. The smallest absolute Gasteiger partial charge is 0.244 e. The van der Waals surface area contributed by atoms with E-state index in [1.54, 1.807) is 24.5 Å². The highest BCUT2D eigenvalue weighted by Crippen LogP contribution is 2.02. The van der Waals surface area contributed by atoms with Gasteiger partial charge in [0.05, 0.1) is 6.26 Å². The molecule has 0 aliphatic carbocycles. The first kappa shape index (κ1) is 13.1. The summed E-state index contributed by atoms with van der Waals surface area (Å²) >= 11 is 0. The standard InChI is InChI=1S/C16H17NO2/c18-16(11-10-15-9-5-13-19-15)17-12-4-8-14-6-2-1-3-7-14/h1-3,5-7,9-11,13H,4,8,12H2,(H,17,18)/b11-10+. The Labute approximate surface area is 112 Å². The summed E-state index contributed by atoms with van der Waals surface area (Å²) in [5, 5.41) is 2.85. The first-order valence-corrected chi connectivity index (χ1v) is 6.38. The highest BCUT2D eigenvalue weighted by atomic mass is 16.3. The quantitative estimate of drug-likeness (QED) is 0.636. The lowest BCUT2D eigenvalue weighted by molar-refractivity contribution is -0.116. The molecule has 1 heterocycles. The molecule has 0 atom stereocenters. The molecule has 1 N–H and O–H groups in total. The Morgan fingerprint density at radius 1 is 1.16 bits per heavy atom. The van der Waals surface area contributed by atoms with E-state index in [9.17, 15) is 4.79 Å². The summed E-state index contributed by atoms with van der Waals surface area (Å²) in [5.74, 6) is 0.587. The van der Waals surface area contributed by atoms with Gasteiger partial charge in [0.1, 0.15) is 5.76 Å². The van der Waals surface area contributed by atoms with Crippen molar-refractivity contribution in [2.75, 3.05) is 6.54 Å². The molecule has 98 valence electrons. The molecular weight excluding hydrogens is 238 g/mol. The van der Waals surface area contributed by atoms with Gasteiger partial charge in [0.25, 0.3) is 0 Å². The third-order valence-corrected chi connectivity index (χ3v) is 2.73. The van der Waals surface area contributed by atoms with Crippen molar-refractivity contribution in [1.82, 2.24) is 5.32 Å². The van der Waals surface area contributed by atoms with Crippen molar-refractivity contribution in [2.45, 2.75) is 12.8 Å². The Morgan fingerprint density at radius 2 is 2.00 bits per heavy atom. The summed E-state index contributed by atoms with van der Waals surface area (Å²) < 4.78 is 5.10. The van der Waals surface area contributed by atoms with Crippen molar-refractivity contribution in [3.8, 4) is 0 Å². The minimum absolute atomic E-state index is 0.0931. The number of carbonyl (C=O) groups is 1. The zero-order valence-electron chi connectivity index (χ0n) is 10.7. The van der Waals surface area contributed by atoms with E-state index in [0.717, 1.165) is 12.8 Å². The molecule has 0 radical (unpaired) electrons. The van der Waals surface area contributed by atoms with E-state index >= 15 is 0 Å². The Bertz CT molecular complexity index is 515. The van der Waals surface area contributed by atoms with Gasteiger partial charge in [0.15, 0.2) is 0 Å². The summed E-state index contributed by atoms with van der Waals surface area (Å²) in [5.41, 5.74) is 1.29. The molecule has 1 aromatic heterocycles. The Morgan fingerprint density at radius 3 is 2.74 bits per heavy atom. The number of benzene rings is 1. The molecule has 3 heteroatoms. The lowest BCUT2D eigenvalue weighted by atomic mass is 10.1. The third kappa shape index (κ3) is 4.84. The van der Waals surface area contributed by atoms with E-state index in [-0.39, 0.29) is 5.91 Å². The number of hydrogen-bond acceptors (Lipinski definition) is 2. The average molecular weight is 255 g/mol. The SMILES string of the molecule is O=C(/C=C/c1ccco1)NCCCc1ccccc1. The molecule has 0 saturated carbocycles. The normalized spacial score (nSPS) is 10.7. The lowest BCUT2D eigenvalue weighted by Gasteiger charge is -2.02. The summed E-state index contributed by atoms with van der Waals surface area (Å²) in [6, 6.07) is 13.8. The van der Waals surface area contributed by atoms with Crippen LogP contribution in [0.4, 0.5) is 0 Å². The molecular formula is C16H17NO2. The predicted molar refractivity (Wildman–Crippen MR) is 75.5 cm³/mol. The van der Waals surface area contributed by atoms with Gasteiger partial charge in [-0.2, -0.15) is 0 Å². The van der Waals surface area contributed by atoms with Crippen LogP contribution in [-0.4, -0.2) is 12.5 Å². The van der Waals surface area contributed by atoms with E-state index in [0.29, 0.717) is 12.3 Å². The van der Waals surface area contributed by atoms with Crippen LogP contribution in [0, 0.1) is 0 Å². The molecule has 3 nitrogen and oxygen atoms in total. The summed E-state index contributed by atoms with van der Waals surface area (Å²) in [6.45, 7) is 0.677. The maximum atomic E-state index is 11.5. The number of furan rings is 1. The minimum Gasteiger partial charge on any atom is -0.465 e. The zero-order valence-corrected chi connectivity index (χ0v) is 10.7. The Hall–Kier alpha value is -2.29. The second-order valence-corrected chi connectivity index (χ2v) is 4.23. The summed E-state index contributed by atoms with van der Waals surface area (Å²) in [7, 11) is 0. The van der Waals surface area contributed by atoms with E-state index < -0.39 is 0 Å². The van der Waals surface area contributed by atoms with Gasteiger partial charge in [-0.1, -0.05) is 30.3 Å². The van der Waals surface area contributed by atoms with Crippen molar-refractivity contribution in [2.24, 2.45) is 0 Å². The van der Waals surface area contributed by atoms with E-state index in [1.807, 2.05) is 18.2 Å². The van der Waals surface area contributed by atoms with Crippen molar-refractivity contribution in [3.63, 3.8) is 0 Å². The van der Waals surface area contributed by atoms with Crippen LogP contribution < -0.4 is 5.32 Å². The molecule has 0 unspecified atom stereocenters. The molecule has 0 fully saturated rings. The number of carbonyl (C=O) groups excluding carboxylic acids is 1. The van der Waals surface area contributed by atoms with E-state index in [1.165, 1.54) is 11.6 Å². The van der Waals surface area contributed by atoms with Gasteiger partial charge in [-0.15, -0.1) is 0 Å². The molecule has 0 spiro atoms. The van der Waals surface area contributed by atoms with Crippen molar-refractivity contribution in [3.05, 3.63) is 66.1 Å². The number of hydrogen-bond donors (Lipinski definition) is 1. The summed E-state index contributed by atoms with van der Waals surface area (Å²) in [4.78, 5) is 11.5. The third-order valence-electron chi connectivity index (χ3n) is 2.73. The fourth-order valence-corrected chi connectivity index (χ4v) is 1.75. The molecule has 0 saturated heterocycles. The van der Waals surface area contributed by atoms with Gasteiger partial charge in [-0.05, 0) is 36.6 Å². The molecule has 1 aromatic carbocycles. The first-order chi connectivity index (χ1) is 9.34. The Kier molecular flexibility index (Phi) is 4.99. The molecule has 2 aromatic rings. The number of aryl methyl sites for hydroxylation is 1. The van der Waals surface area contributed by atoms with Crippen molar-refractivity contribution < 1.29 is 9.21 Å². The van der Waals surface area contributed by atoms with Crippen LogP contribution in [0.2, 0.25) is 0 Å². The van der Waals surface area contributed by atoms with Crippen LogP contribution in [0.15, 0.2) is 59.2 Å². The molecule has 19 heavy (non-hydrogen) atoms. The van der Waals surface area contributed by atoms with Gasteiger partial charge in [0, 0.05) is 12.6 Å². The average Bonchev–Trinajstić information content (AvgIpc) is 2.96. The second kappa shape index (κ2) is 7.21. The lowest BCUT2D eigenvalue weighted by Crippen LogP contribution is -2.22. The van der Waals surface area contributed by atoms with Gasteiger partial charge in [-0.25, -0.2) is 0 Å². The molecule has 1 amide bonds. The van der Waals surface area contributed by atoms with Crippen LogP contribution in [0.5, 0.6) is 0 Å².